The lowest BCUT2D eigenvalue weighted by molar-refractivity contribution is -0.0721. The summed E-state index contributed by atoms with van der Waals surface area (Å²) >= 11 is 0. The van der Waals surface area contributed by atoms with Gasteiger partial charge < -0.3 is 24.4 Å². The van der Waals surface area contributed by atoms with Gasteiger partial charge in [-0.2, -0.15) is 0 Å². The van der Waals surface area contributed by atoms with E-state index < -0.39 is 0 Å². The third-order valence-electron chi connectivity index (χ3n) is 5.70. The van der Waals surface area contributed by atoms with Crippen LogP contribution in [0.1, 0.15) is 44.6 Å². The monoisotopic (exact) mass is 403 g/mol. The van der Waals surface area contributed by atoms with Gasteiger partial charge >= 0.3 is 0 Å². The topological polar surface area (TPSA) is 55.3 Å². The zero-order chi connectivity index (χ0) is 20.3. The lowest BCUT2D eigenvalue weighted by Gasteiger charge is -2.35. The van der Waals surface area contributed by atoms with Gasteiger partial charge in [0.25, 0.3) is 0 Å². The minimum absolute atomic E-state index is 0.302. The van der Waals surface area contributed by atoms with Crippen LogP contribution in [0.3, 0.4) is 0 Å². The normalized spacial score (nSPS) is 21.2. The molecule has 2 fully saturated rings. The molecule has 0 radical (unpaired) electrons. The zero-order valence-corrected chi connectivity index (χ0v) is 18.1. The van der Waals surface area contributed by atoms with Crippen molar-refractivity contribution in [2.75, 3.05) is 46.5 Å². The molecule has 1 N–H and O–H groups in total. The Morgan fingerprint density at radius 2 is 2.03 bits per heavy atom. The largest absolute Gasteiger partial charge is 0.494 e. The van der Waals surface area contributed by atoms with Gasteiger partial charge in [0.05, 0.1) is 25.4 Å². The Morgan fingerprint density at radius 3 is 2.76 bits per heavy atom. The Bertz CT molecular complexity index is 624. The number of para-hydroxylation sites is 1. The summed E-state index contributed by atoms with van der Waals surface area (Å²) < 4.78 is 17.6. The number of ether oxygens (including phenoxy) is 3. The van der Waals surface area contributed by atoms with E-state index in [2.05, 4.69) is 27.3 Å². The van der Waals surface area contributed by atoms with Gasteiger partial charge in [-0.05, 0) is 57.1 Å². The smallest absolute Gasteiger partial charge is 0.193 e. The van der Waals surface area contributed by atoms with Crippen LogP contribution in [0.25, 0.3) is 0 Å². The predicted octanol–water partition coefficient (Wildman–Crippen LogP) is 3.25. The van der Waals surface area contributed by atoms with E-state index >= 15 is 0 Å². The van der Waals surface area contributed by atoms with Gasteiger partial charge in [-0.25, -0.2) is 0 Å². The first kappa shape index (κ1) is 21.9. The molecule has 29 heavy (non-hydrogen) atoms. The van der Waals surface area contributed by atoms with Gasteiger partial charge in [-0.3, -0.25) is 4.99 Å². The summed E-state index contributed by atoms with van der Waals surface area (Å²) in [4.78, 5) is 6.82. The van der Waals surface area contributed by atoms with Crippen molar-refractivity contribution in [3.05, 3.63) is 29.8 Å². The Labute approximate surface area is 175 Å². The molecule has 1 atom stereocenters. The molecular weight excluding hydrogens is 366 g/mol. The minimum Gasteiger partial charge on any atom is -0.494 e. The maximum Gasteiger partial charge on any atom is 0.193 e. The van der Waals surface area contributed by atoms with Crippen molar-refractivity contribution in [2.45, 2.75) is 57.7 Å². The number of aliphatic imine (C=N–C) groups is 1. The molecule has 0 aromatic heterocycles. The molecule has 3 rings (SSSR count). The first-order valence-corrected chi connectivity index (χ1v) is 11.2. The number of nitrogens with zero attached hydrogens (tertiary/aromatic N) is 2. The van der Waals surface area contributed by atoms with Crippen LogP contribution in [0.2, 0.25) is 0 Å². The molecule has 0 bridgehead atoms. The van der Waals surface area contributed by atoms with Crippen molar-refractivity contribution in [1.29, 1.82) is 0 Å². The van der Waals surface area contributed by atoms with Crippen molar-refractivity contribution in [1.82, 2.24) is 10.2 Å². The van der Waals surface area contributed by atoms with Crippen LogP contribution in [0.15, 0.2) is 29.3 Å². The van der Waals surface area contributed by atoms with E-state index in [1.807, 2.05) is 26.1 Å². The summed E-state index contributed by atoms with van der Waals surface area (Å²) in [5, 5.41) is 3.52. The minimum atomic E-state index is 0.302. The summed E-state index contributed by atoms with van der Waals surface area (Å²) in [5.74, 6) is 1.96. The first-order valence-electron chi connectivity index (χ1n) is 11.2. The highest BCUT2D eigenvalue weighted by Crippen LogP contribution is 2.19. The molecule has 6 heteroatoms. The van der Waals surface area contributed by atoms with E-state index in [-0.39, 0.29) is 0 Å². The lowest BCUT2D eigenvalue weighted by atomic mass is 10.1. The van der Waals surface area contributed by atoms with E-state index in [0.717, 1.165) is 70.2 Å². The third-order valence-corrected chi connectivity index (χ3v) is 5.70. The molecule has 1 aromatic rings. The van der Waals surface area contributed by atoms with Crippen LogP contribution in [0, 0.1) is 0 Å². The second-order valence-electron chi connectivity index (χ2n) is 7.77. The maximum atomic E-state index is 6.13. The third kappa shape index (κ3) is 6.89. The molecule has 1 unspecified atom stereocenters. The van der Waals surface area contributed by atoms with E-state index in [9.17, 15) is 0 Å². The summed E-state index contributed by atoms with van der Waals surface area (Å²) in [6, 6.07) is 8.26. The SMILES string of the molecule is CCOc1ccccc1CCNC(=NC)N1CCC(OCC2CCCCO2)CC1. The number of likely N-dealkylation sites (tertiary alicyclic amines) is 1. The number of piperidine rings is 1. The average molecular weight is 404 g/mol. The van der Waals surface area contributed by atoms with Crippen molar-refractivity contribution < 1.29 is 14.2 Å². The van der Waals surface area contributed by atoms with E-state index in [1.54, 1.807) is 0 Å². The van der Waals surface area contributed by atoms with Crippen LogP contribution in [-0.4, -0.2) is 69.6 Å². The first-order chi connectivity index (χ1) is 14.3. The molecule has 0 spiro atoms. The van der Waals surface area contributed by atoms with Crippen molar-refractivity contribution >= 4 is 5.96 Å². The van der Waals surface area contributed by atoms with Crippen molar-refractivity contribution in [3.8, 4) is 5.75 Å². The maximum absolute atomic E-state index is 6.13. The number of hydrogen-bond donors (Lipinski definition) is 1. The van der Waals surface area contributed by atoms with Gasteiger partial charge in [-0.1, -0.05) is 18.2 Å². The number of nitrogens with one attached hydrogen (secondary N) is 1. The summed E-state index contributed by atoms with van der Waals surface area (Å²) in [6.45, 7) is 7.14. The average Bonchev–Trinajstić information content (AvgIpc) is 2.78. The van der Waals surface area contributed by atoms with Gasteiger partial charge in [0.2, 0.25) is 0 Å². The fourth-order valence-corrected chi connectivity index (χ4v) is 4.06. The summed E-state index contributed by atoms with van der Waals surface area (Å²) in [7, 11) is 1.86. The quantitative estimate of drug-likeness (QED) is 0.533. The Balaban J connectivity index is 1.38. The van der Waals surface area contributed by atoms with Gasteiger partial charge in [0.15, 0.2) is 5.96 Å². The number of benzene rings is 1. The molecule has 6 nitrogen and oxygen atoms in total. The van der Waals surface area contributed by atoms with Crippen LogP contribution >= 0.6 is 0 Å². The van der Waals surface area contributed by atoms with Gasteiger partial charge in [-0.15, -0.1) is 0 Å². The van der Waals surface area contributed by atoms with Crippen LogP contribution in [-0.2, 0) is 15.9 Å². The lowest BCUT2D eigenvalue weighted by Crippen LogP contribution is -2.47. The number of hydrogen-bond acceptors (Lipinski definition) is 4. The molecule has 162 valence electrons. The van der Waals surface area contributed by atoms with E-state index in [4.69, 9.17) is 14.2 Å². The Morgan fingerprint density at radius 1 is 1.21 bits per heavy atom. The van der Waals surface area contributed by atoms with E-state index in [1.165, 1.54) is 18.4 Å². The Kier molecular flexibility index (Phi) is 9.09. The molecule has 0 aliphatic carbocycles. The standard InChI is InChI=1S/C23H37N3O3/c1-3-27-22-10-5-4-8-19(22)11-14-25-23(24-2)26-15-12-20(13-16-26)29-18-21-9-6-7-17-28-21/h4-5,8,10,20-21H,3,6-7,9,11-18H2,1-2H3,(H,24,25). The molecule has 0 saturated carbocycles. The zero-order valence-electron chi connectivity index (χ0n) is 18.1. The molecule has 0 amide bonds. The predicted molar refractivity (Wildman–Crippen MR) is 117 cm³/mol. The molecule has 2 aliphatic heterocycles. The molecular formula is C23H37N3O3. The Hall–Kier alpha value is -1.79. The fraction of sp³-hybridized carbons (Fsp3) is 0.696. The van der Waals surface area contributed by atoms with Crippen molar-refractivity contribution in [2.24, 2.45) is 4.99 Å². The second-order valence-corrected chi connectivity index (χ2v) is 7.77. The number of rotatable bonds is 8. The second kappa shape index (κ2) is 12.0. The molecule has 2 heterocycles. The highest BCUT2D eigenvalue weighted by atomic mass is 16.5. The summed E-state index contributed by atoms with van der Waals surface area (Å²) in [5.41, 5.74) is 1.23. The van der Waals surface area contributed by atoms with Crippen LogP contribution in [0.5, 0.6) is 5.75 Å². The summed E-state index contributed by atoms with van der Waals surface area (Å²) in [6.07, 6.45) is 7.24. The van der Waals surface area contributed by atoms with E-state index in [0.29, 0.717) is 18.8 Å². The van der Waals surface area contributed by atoms with Crippen LogP contribution < -0.4 is 10.1 Å². The van der Waals surface area contributed by atoms with Gasteiger partial charge in [0.1, 0.15) is 5.75 Å². The van der Waals surface area contributed by atoms with Crippen molar-refractivity contribution in [3.63, 3.8) is 0 Å². The molecule has 2 saturated heterocycles. The van der Waals surface area contributed by atoms with Crippen LogP contribution in [0.4, 0.5) is 0 Å². The molecule has 1 aromatic carbocycles. The number of guanidine groups is 1. The van der Waals surface area contributed by atoms with Gasteiger partial charge in [0, 0.05) is 33.3 Å². The highest BCUT2D eigenvalue weighted by molar-refractivity contribution is 5.80. The molecule has 2 aliphatic rings. The highest BCUT2D eigenvalue weighted by Gasteiger charge is 2.23. The fourth-order valence-electron chi connectivity index (χ4n) is 4.06.